The van der Waals surface area contributed by atoms with Crippen LogP contribution in [0, 0.1) is 0 Å². The molecule has 3 nitrogen and oxygen atoms in total. The van der Waals surface area contributed by atoms with Gasteiger partial charge >= 0.3 is 0 Å². The van der Waals surface area contributed by atoms with Crippen molar-refractivity contribution in [3.63, 3.8) is 0 Å². The second-order valence-electron chi connectivity index (χ2n) is 5.63. The highest BCUT2D eigenvalue weighted by Crippen LogP contribution is 2.27. The summed E-state index contributed by atoms with van der Waals surface area (Å²) in [4.78, 5) is 0. The van der Waals surface area contributed by atoms with Gasteiger partial charge in [0.15, 0.2) is 0 Å². The fourth-order valence-electron chi connectivity index (χ4n) is 3.15. The summed E-state index contributed by atoms with van der Waals surface area (Å²) in [5, 5.41) is 7.18. The highest BCUT2D eigenvalue weighted by Gasteiger charge is 2.20. The Bertz CT molecular complexity index is 408. The van der Waals surface area contributed by atoms with Gasteiger partial charge in [-0.1, -0.05) is 12.1 Å². The summed E-state index contributed by atoms with van der Waals surface area (Å²) in [6.07, 6.45) is 5.89. The molecule has 1 heterocycles. The monoisotopic (exact) mass is 245 g/mol. The van der Waals surface area contributed by atoms with E-state index >= 15 is 0 Å². The molecule has 1 aliphatic heterocycles. The third-order valence-electron chi connectivity index (χ3n) is 4.27. The largest absolute Gasteiger partial charge is 0.382 e. The Morgan fingerprint density at radius 2 is 2.00 bits per heavy atom. The standard InChI is InChI=1S/C15H23N3/c16-12-4-6-13(7-5-12)18-15-3-1-2-11-10-17-9-8-14(11)15/h1-3,12-13,17-18H,4-10,16H2. The van der Waals surface area contributed by atoms with Crippen LogP contribution < -0.4 is 16.4 Å². The topological polar surface area (TPSA) is 50.1 Å². The molecule has 1 fully saturated rings. The first-order valence-electron chi connectivity index (χ1n) is 7.16. The third kappa shape index (κ3) is 2.52. The number of fused-ring (bicyclic) bond motifs is 1. The zero-order valence-electron chi connectivity index (χ0n) is 10.9. The van der Waals surface area contributed by atoms with Gasteiger partial charge in [0, 0.05) is 24.3 Å². The lowest BCUT2D eigenvalue weighted by Gasteiger charge is -2.29. The zero-order chi connectivity index (χ0) is 12.4. The minimum absolute atomic E-state index is 0.428. The molecule has 3 heteroatoms. The number of nitrogens with two attached hydrogens (primary N) is 1. The molecule has 3 rings (SSSR count). The summed E-state index contributed by atoms with van der Waals surface area (Å²) >= 11 is 0. The molecule has 0 bridgehead atoms. The summed E-state index contributed by atoms with van der Waals surface area (Å²) in [7, 11) is 0. The molecule has 18 heavy (non-hydrogen) atoms. The molecule has 1 aromatic carbocycles. The molecular weight excluding hydrogens is 222 g/mol. The number of hydrogen-bond acceptors (Lipinski definition) is 3. The number of hydrogen-bond donors (Lipinski definition) is 3. The maximum Gasteiger partial charge on any atom is 0.0378 e. The van der Waals surface area contributed by atoms with Gasteiger partial charge in [-0.2, -0.15) is 0 Å². The highest BCUT2D eigenvalue weighted by atomic mass is 14.9. The number of benzene rings is 1. The molecule has 2 aliphatic rings. The van der Waals surface area contributed by atoms with Gasteiger partial charge in [0.25, 0.3) is 0 Å². The van der Waals surface area contributed by atoms with E-state index in [1.54, 1.807) is 0 Å². The summed E-state index contributed by atoms with van der Waals surface area (Å²) in [6, 6.07) is 7.69. The maximum atomic E-state index is 5.97. The molecule has 4 N–H and O–H groups in total. The first kappa shape index (κ1) is 12.0. The minimum Gasteiger partial charge on any atom is -0.382 e. The summed E-state index contributed by atoms with van der Waals surface area (Å²) in [5.41, 5.74) is 10.3. The average Bonchev–Trinajstić information content (AvgIpc) is 2.42. The van der Waals surface area contributed by atoms with E-state index in [1.807, 2.05) is 0 Å². The van der Waals surface area contributed by atoms with E-state index < -0.39 is 0 Å². The van der Waals surface area contributed by atoms with Crippen molar-refractivity contribution in [2.45, 2.75) is 50.7 Å². The van der Waals surface area contributed by atoms with Gasteiger partial charge in [0.05, 0.1) is 0 Å². The Hall–Kier alpha value is -1.06. The van der Waals surface area contributed by atoms with Crippen molar-refractivity contribution >= 4 is 5.69 Å². The molecule has 1 saturated carbocycles. The van der Waals surface area contributed by atoms with Gasteiger partial charge in [-0.05, 0) is 55.8 Å². The normalized spacial score (nSPS) is 27.6. The predicted molar refractivity (Wildman–Crippen MR) is 75.7 cm³/mol. The molecule has 0 spiro atoms. The number of rotatable bonds is 2. The Morgan fingerprint density at radius 3 is 2.83 bits per heavy atom. The van der Waals surface area contributed by atoms with Crippen LogP contribution in [0.3, 0.4) is 0 Å². The van der Waals surface area contributed by atoms with Crippen molar-refractivity contribution in [3.8, 4) is 0 Å². The SMILES string of the molecule is NC1CCC(Nc2cccc3c2CCNC3)CC1. The molecule has 1 aliphatic carbocycles. The van der Waals surface area contributed by atoms with Crippen LogP contribution >= 0.6 is 0 Å². The van der Waals surface area contributed by atoms with Gasteiger partial charge < -0.3 is 16.4 Å². The van der Waals surface area contributed by atoms with Gasteiger partial charge in [-0.15, -0.1) is 0 Å². The van der Waals surface area contributed by atoms with Crippen LogP contribution in [-0.2, 0) is 13.0 Å². The smallest absolute Gasteiger partial charge is 0.0378 e. The Balaban J connectivity index is 1.72. The van der Waals surface area contributed by atoms with Crippen molar-refractivity contribution in [3.05, 3.63) is 29.3 Å². The average molecular weight is 245 g/mol. The molecular formula is C15H23N3. The van der Waals surface area contributed by atoms with E-state index in [9.17, 15) is 0 Å². The summed E-state index contributed by atoms with van der Waals surface area (Å²) in [5.74, 6) is 0. The molecule has 0 amide bonds. The predicted octanol–water partition coefficient (Wildman–Crippen LogP) is 2.01. The van der Waals surface area contributed by atoms with Crippen LogP contribution in [0.2, 0.25) is 0 Å². The van der Waals surface area contributed by atoms with Crippen molar-refractivity contribution in [1.29, 1.82) is 0 Å². The van der Waals surface area contributed by atoms with Crippen LogP contribution in [0.1, 0.15) is 36.8 Å². The van der Waals surface area contributed by atoms with E-state index in [0.717, 1.165) is 32.4 Å². The van der Waals surface area contributed by atoms with E-state index in [0.29, 0.717) is 12.1 Å². The third-order valence-corrected chi connectivity index (χ3v) is 4.27. The van der Waals surface area contributed by atoms with Crippen molar-refractivity contribution in [2.24, 2.45) is 5.73 Å². The highest BCUT2D eigenvalue weighted by molar-refractivity contribution is 5.56. The van der Waals surface area contributed by atoms with E-state index in [2.05, 4.69) is 28.8 Å². The van der Waals surface area contributed by atoms with Crippen molar-refractivity contribution < 1.29 is 0 Å². The van der Waals surface area contributed by atoms with Gasteiger partial charge in [0.1, 0.15) is 0 Å². The Kier molecular flexibility index (Phi) is 3.52. The van der Waals surface area contributed by atoms with Gasteiger partial charge in [-0.25, -0.2) is 0 Å². The lowest BCUT2D eigenvalue weighted by molar-refractivity contribution is 0.411. The molecule has 0 radical (unpaired) electrons. The van der Waals surface area contributed by atoms with Crippen LogP contribution in [0.5, 0.6) is 0 Å². The summed E-state index contributed by atoms with van der Waals surface area (Å²) in [6.45, 7) is 2.11. The number of nitrogens with one attached hydrogen (secondary N) is 2. The van der Waals surface area contributed by atoms with Crippen LogP contribution in [0.4, 0.5) is 5.69 Å². The molecule has 0 unspecified atom stereocenters. The van der Waals surface area contributed by atoms with Crippen LogP contribution in [0.25, 0.3) is 0 Å². The van der Waals surface area contributed by atoms with Crippen molar-refractivity contribution in [2.75, 3.05) is 11.9 Å². The minimum atomic E-state index is 0.428. The number of anilines is 1. The summed E-state index contributed by atoms with van der Waals surface area (Å²) < 4.78 is 0. The second kappa shape index (κ2) is 5.29. The first-order chi connectivity index (χ1) is 8.83. The molecule has 1 aromatic rings. The quantitative estimate of drug-likeness (QED) is 0.747. The van der Waals surface area contributed by atoms with Gasteiger partial charge in [-0.3, -0.25) is 0 Å². The van der Waals surface area contributed by atoms with Crippen molar-refractivity contribution in [1.82, 2.24) is 5.32 Å². The molecule has 0 saturated heterocycles. The maximum absolute atomic E-state index is 5.97. The Morgan fingerprint density at radius 1 is 1.17 bits per heavy atom. The molecule has 98 valence electrons. The lowest BCUT2D eigenvalue weighted by atomic mass is 9.91. The van der Waals surface area contributed by atoms with E-state index in [-0.39, 0.29) is 0 Å². The fourth-order valence-corrected chi connectivity index (χ4v) is 3.15. The Labute approximate surface area is 109 Å². The van der Waals surface area contributed by atoms with E-state index in [4.69, 9.17) is 5.73 Å². The fraction of sp³-hybridized carbons (Fsp3) is 0.600. The zero-order valence-corrected chi connectivity index (χ0v) is 10.9. The molecule has 0 aromatic heterocycles. The van der Waals surface area contributed by atoms with Gasteiger partial charge in [0.2, 0.25) is 0 Å². The molecule has 0 atom stereocenters. The lowest BCUT2D eigenvalue weighted by Crippen LogP contribution is -2.33. The first-order valence-corrected chi connectivity index (χ1v) is 7.16. The van der Waals surface area contributed by atoms with E-state index in [1.165, 1.54) is 29.7 Å². The van der Waals surface area contributed by atoms with Crippen LogP contribution in [0.15, 0.2) is 18.2 Å². The second-order valence-corrected chi connectivity index (χ2v) is 5.63. The van der Waals surface area contributed by atoms with Crippen LogP contribution in [-0.4, -0.2) is 18.6 Å².